The van der Waals surface area contributed by atoms with Gasteiger partial charge in [0.2, 0.25) is 5.71 Å². The molecule has 0 aliphatic carbocycles. The fourth-order valence-electron chi connectivity index (χ4n) is 3.54. The number of oxime groups is 1. The molecule has 8 nitrogen and oxygen atoms in total. The van der Waals surface area contributed by atoms with E-state index < -0.39 is 11.2 Å². The predicted octanol–water partition coefficient (Wildman–Crippen LogP) is 4.27. The molecule has 1 N–H and O–H groups in total. The third-order valence-electron chi connectivity index (χ3n) is 5.04. The molecule has 0 saturated carbocycles. The van der Waals surface area contributed by atoms with E-state index >= 15 is 0 Å². The minimum atomic E-state index is -0.545. The van der Waals surface area contributed by atoms with Crippen molar-refractivity contribution in [2.24, 2.45) is 5.16 Å². The van der Waals surface area contributed by atoms with Gasteiger partial charge < -0.3 is 14.0 Å². The van der Waals surface area contributed by atoms with E-state index in [-0.39, 0.29) is 27.3 Å². The summed E-state index contributed by atoms with van der Waals surface area (Å²) in [6.07, 6.45) is 3.43. The number of aryl methyl sites for hydroxylation is 1. The Morgan fingerprint density at radius 1 is 1.26 bits per heavy atom. The Labute approximate surface area is 191 Å². The summed E-state index contributed by atoms with van der Waals surface area (Å²) < 4.78 is 11.1. The molecule has 3 aromatic rings. The molecule has 2 aromatic heterocycles. The van der Waals surface area contributed by atoms with Crippen molar-refractivity contribution < 1.29 is 14.0 Å². The number of H-pyrrole nitrogens is 1. The number of nitrogens with one attached hydrogen (secondary N) is 1. The zero-order valence-corrected chi connectivity index (χ0v) is 19.1. The maximum absolute atomic E-state index is 12.6. The van der Waals surface area contributed by atoms with Crippen LogP contribution in [0.25, 0.3) is 11.1 Å². The lowest BCUT2D eigenvalue weighted by molar-refractivity contribution is 0.0369. The molecule has 0 bridgehead atoms. The van der Waals surface area contributed by atoms with Crippen molar-refractivity contribution in [3.05, 3.63) is 68.3 Å². The first-order valence-corrected chi connectivity index (χ1v) is 11.4. The van der Waals surface area contributed by atoms with E-state index in [1.807, 2.05) is 37.3 Å². The fourth-order valence-corrected chi connectivity index (χ4v) is 4.40. The molecule has 3 heterocycles. The molecule has 1 saturated heterocycles. The lowest BCUT2D eigenvalue weighted by Gasteiger charge is -2.27. The second kappa shape index (κ2) is 9.73. The molecule has 1 aliphatic heterocycles. The van der Waals surface area contributed by atoms with Crippen LogP contribution in [0.4, 0.5) is 0 Å². The average molecular weight is 535 g/mol. The first-order chi connectivity index (χ1) is 15.0. The van der Waals surface area contributed by atoms with Gasteiger partial charge in [-0.15, -0.1) is 0 Å². The zero-order chi connectivity index (χ0) is 21.8. The Morgan fingerprint density at radius 2 is 2.06 bits per heavy atom. The largest absolute Gasteiger partial charge is 0.403 e. The van der Waals surface area contributed by atoms with Gasteiger partial charge in [0.15, 0.2) is 0 Å². The smallest absolute Gasteiger partial charge is 0.337 e. The van der Waals surface area contributed by atoms with Crippen LogP contribution in [0.15, 0.2) is 55.6 Å². The van der Waals surface area contributed by atoms with Crippen molar-refractivity contribution in [3.8, 4) is 6.01 Å². The van der Waals surface area contributed by atoms with Gasteiger partial charge in [-0.1, -0.05) is 71.4 Å². The first-order valence-electron chi connectivity index (χ1n) is 10.2. The van der Waals surface area contributed by atoms with E-state index in [0.29, 0.717) is 24.8 Å². The number of benzene rings is 1. The number of alkyl halides is 1. The second-order valence-electron chi connectivity index (χ2n) is 7.35. The number of ether oxygens (including phenoxy) is 1. The molecule has 1 aromatic carbocycles. The van der Waals surface area contributed by atoms with Crippen molar-refractivity contribution >= 4 is 39.4 Å². The standard InChI is InChI=1S/C22H22IN3O5/c1-2-3-7-14-10-18(27)30-21-19(14)20(28)24-22(25-21)31-26-15-11-16(29-17(23)12-15)13-8-5-4-6-9-13/h4-6,8-10,16-17H,2-3,7,11-12H2,1H3,(H,24,25,28)/b26-15+/t16-,17-/m0/s1. The lowest BCUT2D eigenvalue weighted by atomic mass is 10.0. The maximum atomic E-state index is 12.6. The molecule has 0 amide bonds. The summed E-state index contributed by atoms with van der Waals surface area (Å²) in [6, 6.07) is 11.1. The Kier molecular flexibility index (Phi) is 6.81. The number of unbranched alkanes of at least 4 members (excludes halogenated alkanes) is 1. The predicted molar refractivity (Wildman–Crippen MR) is 125 cm³/mol. The number of halogens is 1. The molecule has 31 heavy (non-hydrogen) atoms. The van der Waals surface area contributed by atoms with Gasteiger partial charge >= 0.3 is 11.6 Å². The number of hydrogen-bond acceptors (Lipinski definition) is 7. The first kappa shape index (κ1) is 21.7. The SMILES string of the molecule is CCCCc1cc(=O)oc2nc(O/N=C3/C[C@@H](I)O[C@H](c4ccccc4)C3)[nH]c(=O)c12. The minimum absolute atomic E-state index is 0.0431. The van der Waals surface area contributed by atoms with Crippen LogP contribution >= 0.6 is 22.6 Å². The number of fused-ring (bicyclic) bond motifs is 1. The van der Waals surface area contributed by atoms with Crippen LogP contribution in [0.3, 0.4) is 0 Å². The average Bonchev–Trinajstić information content (AvgIpc) is 2.76. The van der Waals surface area contributed by atoms with Gasteiger partial charge in [-0.05, 0) is 24.0 Å². The van der Waals surface area contributed by atoms with E-state index in [1.54, 1.807) is 0 Å². The molecule has 1 aliphatic rings. The van der Waals surface area contributed by atoms with Gasteiger partial charge in [0, 0.05) is 18.9 Å². The molecule has 4 rings (SSSR count). The minimum Gasteiger partial charge on any atom is -0.403 e. The van der Waals surface area contributed by atoms with E-state index in [0.717, 1.165) is 24.1 Å². The highest BCUT2D eigenvalue weighted by atomic mass is 127. The van der Waals surface area contributed by atoms with Crippen LogP contribution in [-0.2, 0) is 11.2 Å². The number of rotatable bonds is 6. The zero-order valence-electron chi connectivity index (χ0n) is 17.0. The summed E-state index contributed by atoms with van der Waals surface area (Å²) in [6.45, 7) is 2.04. The summed E-state index contributed by atoms with van der Waals surface area (Å²) in [5, 5.41) is 4.48. The maximum Gasteiger partial charge on any atom is 0.337 e. The molecular formula is C22H22IN3O5. The van der Waals surface area contributed by atoms with Crippen molar-refractivity contribution in [3.63, 3.8) is 0 Å². The Balaban J connectivity index is 1.59. The molecule has 0 spiro atoms. The second-order valence-corrected chi connectivity index (χ2v) is 8.74. The fraction of sp³-hybridized carbons (Fsp3) is 0.364. The van der Waals surface area contributed by atoms with Crippen molar-refractivity contribution in [2.45, 2.75) is 49.2 Å². The van der Waals surface area contributed by atoms with Crippen LogP contribution in [-0.4, -0.2) is 19.8 Å². The van der Waals surface area contributed by atoms with Crippen LogP contribution in [0, 0.1) is 0 Å². The Hall–Kier alpha value is -2.53. The Bertz CT molecular complexity index is 1210. The molecule has 0 radical (unpaired) electrons. The molecule has 0 unspecified atom stereocenters. The van der Waals surface area contributed by atoms with Gasteiger partial charge in [0.1, 0.15) is 9.50 Å². The molecule has 162 valence electrons. The van der Waals surface area contributed by atoms with Crippen molar-refractivity contribution in [1.29, 1.82) is 0 Å². The molecular weight excluding hydrogens is 513 g/mol. The topological polar surface area (TPSA) is 107 Å². The number of aromatic nitrogens is 2. The highest BCUT2D eigenvalue weighted by molar-refractivity contribution is 14.1. The summed E-state index contributed by atoms with van der Waals surface area (Å²) in [5.41, 5.74) is 1.48. The Morgan fingerprint density at radius 3 is 2.84 bits per heavy atom. The van der Waals surface area contributed by atoms with Crippen LogP contribution in [0.1, 0.15) is 49.8 Å². The molecule has 9 heteroatoms. The summed E-state index contributed by atoms with van der Waals surface area (Å²) in [7, 11) is 0. The van der Waals surface area contributed by atoms with E-state index in [2.05, 4.69) is 37.7 Å². The number of hydrogen-bond donors (Lipinski definition) is 1. The van der Waals surface area contributed by atoms with Gasteiger partial charge in [-0.25, -0.2) is 4.79 Å². The van der Waals surface area contributed by atoms with E-state index in [4.69, 9.17) is 14.0 Å². The van der Waals surface area contributed by atoms with Gasteiger partial charge in [0.25, 0.3) is 5.56 Å². The summed E-state index contributed by atoms with van der Waals surface area (Å²) >= 11 is 2.22. The highest BCUT2D eigenvalue weighted by Gasteiger charge is 2.26. The third-order valence-corrected chi connectivity index (χ3v) is 5.77. The normalized spacial score (nSPS) is 20.3. The van der Waals surface area contributed by atoms with E-state index in [1.165, 1.54) is 6.07 Å². The van der Waals surface area contributed by atoms with Gasteiger partial charge in [-0.3, -0.25) is 9.78 Å². The highest BCUT2D eigenvalue weighted by Crippen LogP contribution is 2.32. The van der Waals surface area contributed by atoms with Crippen molar-refractivity contribution in [1.82, 2.24) is 9.97 Å². The monoisotopic (exact) mass is 535 g/mol. The molecule has 1 fully saturated rings. The van der Waals surface area contributed by atoms with Crippen LogP contribution in [0.2, 0.25) is 0 Å². The van der Waals surface area contributed by atoms with Crippen molar-refractivity contribution in [2.75, 3.05) is 0 Å². The van der Waals surface area contributed by atoms with E-state index in [9.17, 15) is 9.59 Å². The quantitative estimate of drug-likeness (QED) is 0.287. The summed E-state index contributed by atoms with van der Waals surface area (Å²) in [5.74, 6) is 0. The van der Waals surface area contributed by atoms with Crippen LogP contribution in [0.5, 0.6) is 6.01 Å². The summed E-state index contributed by atoms with van der Waals surface area (Å²) in [4.78, 5) is 36.7. The van der Waals surface area contributed by atoms with Gasteiger partial charge in [-0.2, -0.15) is 4.98 Å². The van der Waals surface area contributed by atoms with Gasteiger partial charge in [0.05, 0.1) is 11.8 Å². The third kappa shape index (κ3) is 5.21. The molecule has 2 atom stereocenters. The number of aromatic amines is 1. The number of nitrogens with zero attached hydrogens (tertiary/aromatic N) is 2. The lowest BCUT2D eigenvalue weighted by Crippen LogP contribution is -2.25. The van der Waals surface area contributed by atoms with Crippen LogP contribution < -0.4 is 16.0 Å².